The van der Waals surface area contributed by atoms with E-state index in [1.54, 1.807) is 24.1 Å². The zero-order valence-corrected chi connectivity index (χ0v) is 16.2. The van der Waals surface area contributed by atoms with Gasteiger partial charge in [-0.1, -0.05) is 36.4 Å². The molecule has 3 rings (SSSR count). The second-order valence-corrected chi connectivity index (χ2v) is 6.36. The van der Waals surface area contributed by atoms with Crippen LogP contribution >= 0.6 is 0 Å². The maximum atomic E-state index is 12.4. The number of hydrogen-bond donors (Lipinski definition) is 2. The Hall–Kier alpha value is -3.80. The Kier molecular flexibility index (Phi) is 6.84. The number of nitrogens with one attached hydrogen (secondary N) is 2. The van der Waals surface area contributed by atoms with Gasteiger partial charge in [0.05, 0.1) is 0 Å². The molecule has 0 saturated carbocycles. The molecule has 2 N–H and O–H groups in total. The van der Waals surface area contributed by atoms with Crippen molar-refractivity contribution in [2.24, 2.45) is 0 Å². The Balaban J connectivity index is 1.45. The Morgan fingerprint density at radius 1 is 0.828 bits per heavy atom. The van der Waals surface area contributed by atoms with Crippen molar-refractivity contribution in [1.82, 2.24) is 5.32 Å². The lowest BCUT2D eigenvalue weighted by Gasteiger charge is -2.18. The van der Waals surface area contributed by atoms with Gasteiger partial charge in [-0.25, -0.2) is 4.79 Å². The van der Waals surface area contributed by atoms with Crippen LogP contribution in [0.15, 0.2) is 84.9 Å². The first-order chi connectivity index (χ1) is 14.1. The standard InChI is InChI=1S/C23H23N3O3/c1-26(19-12-14-21(15-13-19)29-20-10-6-3-7-11-20)22(27)16-17-24-23(28)25-18-8-4-2-5-9-18/h2-15H,16-17H2,1H3,(H2,24,25,28). The smallest absolute Gasteiger partial charge is 0.319 e. The molecule has 0 aromatic heterocycles. The van der Waals surface area contributed by atoms with Gasteiger partial charge >= 0.3 is 6.03 Å². The Morgan fingerprint density at radius 3 is 2.07 bits per heavy atom. The summed E-state index contributed by atoms with van der Waals surface area (Å²) in [5.74, 6) is 1.35. The van der Waals surface area contributed by atoms with Crippen molar-refractivity contribution in [3.05, 3.63) is 84.9 Å². The molecule has 0 aliphatic heterocycles. The minimum absolute atomic E-state index is 0.0956. The second kappa shape index (κ2) is 9.94. The fourth-order valence-electron chi connectivity index (χ4n) is 2.65. The molecule has 0 aliphatic carbocycles. The van der Waals surface area contributed by atoms with E-state index in [-0.39, 0.29) is 24.9 Å². The van der Waals surface area contributed by atoms with Gasteiger partial charge in [0.15, 0.2) is 0 Å². The van der Waals surface area contributed by atoms with Crippen LogP contribution < -0.4 is 20.3 Å². The van der Waals surface area contributed by atoms with Crippen LogP contribution in [0.25, 0.3) is 0 Å². The van der Waals surface area contributed by atoms with Crippen molar-refractivity contribution in [2.75, 3.05) is 23.8 Å². The number of rotatable bonds is 7. The molecule has 29 heavy (non-hydrogen) atoms. The van der Waals surface area contributed by atoms with E-state index in [0.717, 1.165) is 11.4 Å². The van der Waals surface area contributed by atoms with E-state index in [1.807, 2.05) is 72.8 Å². The Morgan fingerprint density at radius 2 is 1.41 bits per heavy atom. The van der Waals surface area contributed by atoms with Gasteiger partial charge in [-0.15, -0.1) is 0 Å². The SMILES string of the molecule is CN(C(=O)CCNC(=O)Nc1ccccc1)c1ccc(Oc2ccccc2)cc1. The number of carbonyl (C=O) groups excluding carboxylic acids is 2. The Bertz CT molecular complexity index is 929. The second-order valence-electron chi connectivity index (χ2n) is 6.36. The molecule has 0 unspecified atom stereocenters. The average Bonchev–Trinajstić information content (AvgIpc) is 2.75. The third kappa shape index (κ3) is 6.10. The number of para-hydroxylation sites is 2. The highest BCUT2D eigenvalue weighted by atomic mass is 16.5. The number of nitrogens with zero attached hydrogens (tertiary/aromatic N) is 1. The summed E-state index contributed by atoms with van der Waals surface area (Å²) in [4.78, 5) is 25.8. The maximum Gasteiger partial charge on any atom is 0.319 e. The summed E-state index contributed by atoms with van der Waals surface area (Å²) in [6.07, 6.45) is 0.195. The number of benzene rings is 3. The van der Waals surface area contributed by atoms with Crippen molar-refractivity contribution >= 4 is 23.3 Å². The van der Waals surface area contributed by atoms with Gasteiger partial charge in [-0.2, -0.15) is 0 Å². The normalized spacial score (nSPS) is 10.1. The third-order valence-electron chi connectivity index (χ3n) is 4.23. The zero-order chi connectivity index (χ0) is 20.5. The van der Waals surface area contributed by atoms with Gasteiger partial charge in [-0.3, -0.25) is 4.79 Å². The number of amides is 3. The van der Waals surface area contributed by atoms with E-state index in [1.165, 1.54) is 0 Å². The summed E-state index contributed by atoms with van der Waals surface area (Å²) in [7, 11) is 1.71. The third-order valence-corrected chi connectivity index (χ3v) is 4.23. The molecular formula is C23H23N3O3. The van der Waals surface area contributed by atoms with Crippen LogP contribution in [-0.2, 0) is 4.79 Å². The molecule has 0 heterocycles. The van der Waals surface area contributed by atoms with Crippen LogP contribution in [-0.4, -0.2) is 25.5 Å². The number of urea groups is 1. The first kappa shape index (κ1) is 19.9. The highest BCUT2D eigenvalue weighted by Crippen LogP contribution is 2.24. The van der Waals surface area contributed by atoms with Gasteiger partial charge in [0.1, 0.15) is 11.5 Å². The van der Waals surface area contributed by atoms with E-state index in [0.29, 0.717) is 11.4 Å². The van der Waals surface area contributed by atoms with E-state index in [9.17, 15) is 9.59 Å². The average molecular weight is 389 g/mol. The van der Waals surface area contributed by atoms with Crippen LogP contribution in [0.4, 0.5) is 16.2 Å². The molecule has 148 valence electrons. The fraction of sp³-hybridized carbons (Fsp3) is 0.130. The van der Waals surface area contributed by atoms with Gasteiger partial charge in [0.25, 0.3) is 0 Å². The van der Waals surface area contributed by atoms with Gasteiger partial charge in [-0.05, 0) is 48.5 Å². The van der Waals surface area contributed by atoms with E-state index in [2.05, 4.69) is 10.6 Å². The molecule has 0 spiro atoms. The predicted molar refractivity (Wildman–Crippen MR) is 114 cm³/mol. The lowest BCUT2D eigenvalue weighted by Crippen LogP contribution is -2.34. The predicted octanol–water partition coefficient (Wildman–Crippen LogP) is 4.65. The summed E-state index contributed by atoms with van der Waals surface area (Å²) in [5, 5.41) is 5.40. The number of carbonyl (C=O) groups is 2. The quantitative estimate of drug-likeness (QED) is 0.618. The first-order valence-electron chi connectivity index (χ1n) is 9.31. The highest BCUT2D eigenvalue weighted by Gasteiger charge is 2.11. The molecule has 3 aromatic rings. The summed E-state index contributed by atoms with van der Waals surface area (Å²) in [5.41, 5.74) is 1.45. The molecule has 0 bridgehead atoms. The molecule has 6 nitrogen and oxygen atoms in total. The highest BCUT2D eigenvalue weighted by molar-refractivity contribution is 5.94. The number of hydrogen-bond acceptors (Lipinski definition) is 3. The van der Waals surface area contributed by atoms with Gasteiger partial charge in [0.2, 0.25) is 5.91 Å². The summed E-state index contributed by atoms with van der Waals surface area (Å²) in [6, 6.07) is 25.6. The minimum atomic E-state index is -0.339. The Labute approximate surface area is 170 Å². The molecule has 0 fully saturated rings. The van der Waals surface area contributed by atoms with Gasteiger partial charge < -0.3 is 20.3 Å². The van der Waals surface area contributed by atoms with Crippen LogP contribution in [0.1, 0.15) is 6.42 Å². The summed E-state index contributed by atoms with van der Waals surface area (Å²) >= 11 is 0. The summed E-state index contributed by atoms with van der Waals surface area (Å²) < 4.78 is 5.76. The van der Waals surface area contributed by atoms with E-state index in [4.69, 9.17) is 4.74 Å². The van der Waals surface area contributed by atoms with Crippen molar-refractivity contribution < 1.29 is 14.3 Å². The van der Waals surface area contributed by atoms with Crippen LogP contribution in [0.3, 0.4) is 0 Å². The molecule has 0 radical (unpaired) electrons. The number of ether oxygens (including phenoxy) is 1. The van der Waals surface area contributed by atoms with Gasteiger partial charge in [0, 0.05) is 31.4 Å². The molecule has 6 heteroatoms. The molecule has 0 atom stereocenters. The fourth-order valence-corrected chi connectivity index (χ4v) is 2.65. The zero-order valence-electron chi connectivity index (χ0n) is 16.2. The number of anilines is 2. The largest absolute Gasteiger partial charge is 0.457 e. The van der Waals surface area contributed by atoms with Crippen LogP contribution in [0, 0.1) is 0 Å². The topological polar surface area (TPSA) is 70.7 Å². The lowest BCUT2D eigenvalue weighted by molar-refractivity contribution is -0.118. The van der Waals surface area contributed by atoms with Crippen molar-refractivity contribution in [3.63, 3.8) is 0 Å². The molecule has 0 saturated heterocycles. The first-order valence-corrected chi connectivity index (χ1v) is 9.31. The van der Waals surface area contributed by atoms with Crippen molar-refractivity contribution in [2.45, 2.75) is 6.42 Å². The lowest BCUT2D eigenvalue weighted by atomic mass is 10.2. The van der Waals surface area contributed by atoms with Crippen molar-refractivity contribution in [1.29, 1.82) is 0 Å². The molecular weight excluding hydrogens is 366 g/mol. The van der Waals surface area contributed by atoms with E-state index < -0.39 is 0 Å². The molecule has 3 amide bonds. The van der Waals surface area contributed by atoms with E-state index >= 15 is 0 Å². The molecule has 0 aliphatic rings. The summed E-state index contributed by atoms with van der Waals surface area (Å²) in [6.45, 7) is 0.247. The van der Waals surface area contributed by atoms with Crippen LogP contribution in [0.5, 0.6) is 11.5 Å². The van der Waals surface area contributed by atoms with Crippen molar-refractivity contribution in [3.8, 4) is 11.5 Å². The molecule has 3 aromatic carbocycles. The van der Waals surface area contributed by atoms with Crippen LogP contribution in [0.2, 0.25) is 0 Å². The maximum absolute atomic E-state index is 12.4. The minimum Gasteiger partial charge on any atom is -0.457 e. The monoisotopic (exact) mass is 389 g/mol.